The molecule has 2 aromatic rings. The number of carbonyl (C=O) groups is 1. The molecule has 4 heteroatoms. The number of nitrogens with one attached hydrogen (secondary N) is 1. The minimum atomic E-state index is -0.0930. The number of amides is 1. The number of hydrogen-bond acceptors (Lipinski definition) is 3. The molecule has 0 radical (unpaired) electrons. The van der Waals surface area contributed by atoms with E-state index in [1.807, 2.05) is 6.92 Å². The highest BCUT2D eigenvalue weighted by Crippen LogP contribution is 2.24. The summed E-state index contributed by atoms with van der Waals surface area (Å²) in [5.74, 6) is 0.667. The van der Waals surface area contributed by atoms with Crippen LogP contribution in [-0.2, 0) is 0 Å². The summed E-state index contributed by atoms with van der Waals surface area (Å²) in [6, 6.07) is 12.1. The molecule has 24 heavy (non-hydrogen) atoms. The first-order valence-electron chi connectivity index (χ1n) is 8.69. The van der Waals surface area contributed by atoms with E-state index in [1.54, 1.807) is 24.5 Å². The van der Waals surface area contributed by atoms with Crippen LogP contribution in [0.3, 0.4) is 0 Å². The maximum Gasteiger partial charge on any atom is 0.253 e. The van der Waals surface area contributed by atoms with Crippen LogP contribution in [0.15, 0.2) is 48.8 Å². The maximum atomic E-state index is 12.2. The van der Waals surface area contributed by atoms with Gasteiger partial charge >= 0.3 is 0 Å². The lowest BCUT2D eigenvalue weighted by molar-refractivity contribution is 0.0939. The molecule has 0 aliphatic carbocycles. The molecular weight excluding hydrogens is 298 g/mol. The van der Waals surface area contributed by atoms with Gasteiger partial charge in [0.15, 0.2) is 0 Å². The zero-order valence-electron chi connectivity index (χ0n) is 14.4. The van der Waals surface area contributed by atoms with Gasteiger partial charge in [-0.1, -0.05) is 19.1 Å². The average Bonchev–Trinajstić information content (AvgIpc) is 2.62. The van der Waals surface area contributed by atoms with E-state index in [0.29, 0.717) is 5.56 Å². The van der Waals surface area contributed by atoms with E-state index >= 15 is 0 Å². The first-order chi connectivity index (χ1) is 11.6. The number of benzene rings is 1. The van der Waals surface area contributed by atoms with Crippen molar-refractivity contribution in [3.8, 4) is 0 Å². The van der Waals surface area contributed by atoms with Crippen molar-refractivity contribution >= 4 is 11.6 Å². The summed E-state index contributed by atoms with van der Waals surface area (Å²) in [6.45, 7) is 6.59. The van der Waals surface area contributed by atoms with Crippen molar-refractivity contribution in [3.05, 3.63) is 59.9 Å². The fraction of sp³-hybridized carbons (Fsp3) is 0.400. The largest absolute Gasteiger partial charge is 0.371 e. The summed E-state index contributed by atoms with van der Waals surface area (Å²) in [7, 11) is 0. The Balaban J connectivity index is 1.63. The summed E-state index contributed by atoms with van der Waals surface area (Å²) in [5.41, 5.74) is 2.97. The van der Waals surface area contributed by atoms with Crippen LogP contribution in [-0.4, -0.2) is 24.0 Å². The second-order valence-electron chi connectivity index (χ2n) is 6.72. The highest BCUT2D eigenvalue weighted by atomic mass is 16.1. The molecule has 1 aromatic carbocycles. The van der Waals surface area contributed by atoms with Gasteiger partial charge < -0.3 is 10.2 Å². The lowest BCUT2D eigenvalue weighted by Crippen LogP contribution is -2.34. The van der Waals surface area contributed by atoms with Crippen LogP contribution in [0.1, 0.15) is 48.7 Å². The topological polar surface area (TPSA) is 45.2 Å². The van der Waals surface area contributed by atoms with Gasteiger partial charge in [-0.25, -0.2) is 0 Å². The SMILES string of the molecule is C[C@H]1CCCN(c2ccc([C@H](C)NC(=O)c3cccnc3)cc2)C1. The number of aromatic nitrogens is 1. The molecule has 1 fully saturated rings. The van der Waals surface area contributed by atoms with Crippen molar-refractivity contribution in [2.45, 2.75) is 32.7 Å². The molecule has 1 amide bonds. The van der Waals surface area contributed by atoms with E-state index in [9.17, 15) is 4.79 Å². The van der Waals surface area contributed by atoms with E-state index in [0.717, 1.165) is 24.6 Å². The minimum absolute atomic E-state index is 0.0352. The molecule has 0 unspecified atom stereocenters. The Bertz CT molecular complexity index is 669. The van der Waals surface area contributed by atoms with E-state index in [4.69, 9.17) is 0 Å². The van der Waals surface area contributed by atoms with Crippen LogP contribution in [0.2, 0.25) is 0 Å². The van der Waals surface area contributed by atoms with Crippen molar-refractivity contribution in [2.24, 2.45) is 5.92 Å². The van der Waals surface area contributed by atoms with Gasteiger partial charge in [0.25, 0.3) is 5.91 Å². The van der Waals surface area contributed by atoms with Crippen LogP contribution < -0.4 is 10.2 Å². The van der Waals surface area contributed by atoms with Gasteiger partial charge in [-0.05, 0) is 55.5 Å². The number of nitrogens with zero attached hydrogens (tertiary/aromatic N) is 2. The molecule has 2 atom stereocenters. The smallest absolute Gasteiger partial charge is 0.253 e. The third-order valence-corrected chi connectivity index (χ3v) is 4.69. The van der Waals surface area contributed by atoms with Gasteiger partial charge in [-0.15, -0.1) is 0 Å². The summed E-state index contributed by atoms with van der Waals surface area (Å²) in [5, 5.41) is 3.03. The predicted octanol–water partition coefficient (Wildman–Crippen LogP) is 3.81. The number of anilines is 1. The molecule has 1 aliphatic heterocycles. The lowest BCUT2D eigenvalue weighted by atomic mass is 9.99. The highest BCUT2D eigenvalue weighted by molar-refractivity contribution is 5.94. The number of pyridine rings is 1. The summed E-state index contributed by atoms with van der Waals surface area (Å²) < 4.78 is 0. The quantitative estimate of drug-likeness (QED) is 0.930. The normalized spacial score (nSPS) is 18.9. The Morgan fingerprint density at radius 2 is 2.08 bits per heavy atom. The van der Waals surface area contributed by atoms with Crippen molar-refractivity contribution in [1.82, 2.24) is 10.3 Å². The molecule has 1 N–H and O–H groups in total. The summed E-state index contributed by atoms with van der Waals surface area (Å²) in [6.07, 6.45) is 5.84. The molecule has 3 rings (SSSR count). The Labute approximate surface area is 143 Å². The number of carbonyl (C=O) groups excluding carboxylic acids is 1. The van der Waals surface area contributed by atoms with Crippen molar-refractivity contribution < 1.29 is 4.79 Å². The Hall–Kier alpha value is -2.36. The first-order valence-corrected chi connectivity index (χ1v) is 8.69. The molecular formula is C20H25N3O. The van der Waals surface area contributed by atoms with Crippen molar-refractivity contribution in [2.75, 3.05) is 18.0 Å². The van der Waals surface area contributed by atoms with Crippen LogP contribution in [0.5, 0.6) is 0 Å². The molecule has 126 valence electrons. The van der Waals surface area contributed by atoms with E-state index in [-0.39, 0.29) is 11.9 Å². The molecule has 0 spiro atoms. The van der Waals surface area contributed by atoms with Crippen LogP contribution in [0.4, 0.5) is 5.69 Å². The van der Waals surface area contributed by atoms with Crippen molar-refractivity contribution in [1.29, 1.82) is 0 Å². The minimum Gasteiger partial charge on any atom is -0.371 e. The predicted molar refractivity (Wildman–Crippen MR) is 97.2 cm³/mol. The zero-order chi connectivity index (χ0) is 16.9. The van der Waals surface area contributed by atoms with Crippen LogP contribution in [0.25, 0.3) is 0 Å². The Morgan fingerprint density at radius 1 is 1.29 bits per heavy atom. The van der Waals surface area contributed by atoms with E-state index in [2.05, 4.69) is 46.4 Å². The third kappa shape index (κ3) is 3.94. The second kappa shape index (κ2) is 7.47. The molecule has 1 aromatic heterocycles. The van der Waals surface area contributed by atoms with Crippen LogP contribution in [0, 0.1) is 5.92 Å². The first kappa shape index (κ1) is 16.5. The standard InChI is InChI=1S/C20H25N3O/c1-15-5-4-12-23(14-15)19-9-7-17(8-10-19)16(2)22-20(24)18-6-3-11-21-13-18/h3,6-11,13,15-16H,4-5,12,14H2,1-2H3,(H,22,24)/t15-,16-/m0/s1. The van der Waals surface area contributed by atoms with Gasteiger partial charge in [-0.2, -0.15) is 0 Å². The van der Waals surface area contributed by atoms with Gasteiger partial charge in [0.1, 0.15) is 0 Å². The molecule has 1 saturated heterocycles. The second-order valence-corrected chi connectivity index (χ2v) is 6.72. The maximum absolute atomic E-state index is 12.2. The number of rotatable bonds is 4. The molecule has 2 heterocycles. The van der Waals surface area contributed by atoms with Gasteiger partial charge in [0.05, 0.1) is 11.6 Å². The fourth-order valence-electron chi connectivity index (χ4n) is 3.26. The highest BCUT2D eigenvalue weighted by Gasteiger charge is 2.17. The van der Waals surface area contributed by atoms with Crippen LogP contribution >= 0.6 is 0 Å². The lowest BCUT2D eigenvalue weighted by Gasteiger charge is -2.33. The third-order valence-electron chi connectivity index (χ3n) is 4.69. The fourth-order valence-corrected chi connectivity index (χ4v) is 3.26. The Morgan fingerprint density at radius 3 is 2.75 bits per heavy atom. The van der Waals surface area contributed by atoms with Gasteiger partial charge in [-0.3, -0.25) is 9.78 Å². The number of hydrogen-bond donors (Lipinski definition) is 1. The monoisotopic (exact) mass is 323 g/mol. The van der Waals surface area contributed by atoms with E-state index in [1.165, 1.54) is 18.5 Å². The molecule has 0 bridgehead atoms. The Kier molecular flexibility index (Phi) is 5.14. The molecule has 0 saturated carbocycles. The zero-order valence-corrected chi connectivity index (χ0v) is 14.4. The average molecular weight is 323 g/mol. The summed E-state index contributed by atoms with van der Waals surface area (Å²) in [4.78, 5) is 18.7. The molecule has 1 aliphatic rings. The van der Waals surface area contributed by atoms with Gasteiger partial charge in [0.2, 0.25) is 0 Å². The van der Waals surface area contributed by atoms with E-state index < -0.39 is 0 Å². The van der Waals surface area contributed by atoms with Gasteiger partial charge in [0, 0.05) is 31.2 Å². The number of piperidine rings is 1. The summed E-state index contributed by atoms with van der Waals surface area (Å²) >= 11 is 0. The van der Waals surface area contributed by atoms with Crippen molar-refractivity contribution in [3.63, 3.8) is 0 Å². The molecule has 4 nitrogen and oxygen atoms in total.